The van der Waals surface area contributed by atoms with Gasteiger partial charge in [0.25, 0.3) is 0 Å². The van der Waals surface area contributed by atoms with Crippen molar-refractivity contribution in [1.82, 2.24) is 4.90 Å². The topological polar surface area (TPSA) is 42.7 Å². The lowest BCUT2D eigenvalue weighted by Crippen LogP contribution is -2.31. The molecule has 0 spiro atoms. The molecule has 0 atom stereocenters. The van der Waals surface area contributed by atoms with Crippen LogP contribution in [0.3, 0.4) is 0 Å². The van der Waals surface area contributed by atoms with Crippen LogP contribution in [-0.2, 0) is 17.8 Å². The standard InChI is InChI=1S/C20H21NO3/c1-3-21(13-15-7-5-4-6-8-15)20(22)11-16-14-24-19-12-17(23-2)9-10-18(16)19/h4-10,12,14H,3,11,13H2,1-2H3. The fourth-order valence-corrected chi connectivity index (χ4v) is 2.78. The molecule has 24 heavy (non-hydrogen) atoms. The maximum Gasteiger partial charge on any atom is 0.227 e. The zero-order valence-electron chi connectivity index (χ0n) is 14.0. The van der Waals surface area contributed by atoms with Crippen LogP contribution in [-0.4, -0.2) is 24.5 Å². The lowest BCUT2D eigenvalue weighted by Gasteiger charge is -2.20. The Kier molecular flexibility index (Phi) is 4.85. The van der Waals surface area contributed by atoms with Gasteiger partial charge < -0.3 is 14.1 Å². The predicted molar refractivity (Wildman–Crippen MR) is 94.0 cm³/mol. The summed E-state index contributed by atoms with van der Waals surface area (Å²) in [5.41, 5.74) is 2.78. The van der Waals surface area contributed by atoms with E-state index in [-0.39, 0.29) is 5.91 Å². The number of carbonyl (C=O) groups excluding carboxylic acids is 1. The number of likely N-dealkylation sites (N-methyl/N-ethyl adjacent to an activating group) is 1. The summed E-state index contributed by atoms with van der Waals surface area (Å²) in [6, 6.07) is 15.7. The number of benzene rings is 2. The van der Waals surface area contributed by atoms with Crippen LogP contribution < -0.4 is 4.74 Å². The zero-order valence-corrected chi connectivity index (χ0v) is 14.0. The van der Waals surface area contributed by atoms with Crippen LogP contribution in [0.5, 0.6) is 5.75 Å². The van der Waals surface area contributed by atoms with Gasteiger partial charge in [-0.05, 0) is 24.6 Å². The summed E-state index contributed by atoms with van der Waals surface area (Å²) in [5, 5.41) is 0.958. The number of furan rings is 1. The minimum Gasteiger partial charge on any atom is -0.497 e. The minimum absolute atomic E-state index is 0.0971. The molecule has 0 fully saturated rings. The Morgan fingerprint density at radius 1 is 1.17 bits per heavy atom. The van der Waals surface area contributed by atoms with E-state index in [1.165, 1.54) is 0 Å². The van der Waals surface area contributed by atoms with E-state index in [1.54, 1.807) is 13.4 Å². The Balaban J connectivity index is 1.75. The third kappa shape index (κ3) is 3.43. The van der Waals surface area contributed by atoms with Gasteiger partial charge in [-0.3, -0.25) is 4.79 Å². The van der Waals surface area contributed by atoms with E-state index < -0.39 is 0 Å². The van der Waals surface area contributed by atoms with E-state index in [0.717, 1.165) is 27.8 Å². The molecule has 1 heterocycles. The smallest absolute Gasteiger partial charge is 0.227 e. The monoisotopic (exact) mass is 323 g/mol. The molecule has 0 unspecified atom stereocenters. The van der Waals surface area contributed by atoms with Crippen LogP contribution in [0, 0.1) is 0 Å². The van der Waals surface area contributed by atoms with E-state index in [2.05, 4.69) is 0 Å². The molecule has 1 amide bonds. The first kappa shape index (κ1) is 16.1. The molecule has 0 aliphatic carbocycles. The largest absolute Gasteiger partial charge is 0.497 e. The second-order valence-corrected chi connectivity index (χ2v) is 5.69. The fourth-order valence-electron chi connectivity index (χ4n) is 2.78. The second-order valence-electron chi connectivity index (χ2n) is 5.69. The zero-order chi connectivity index (χ0) is 16.9. The number of amides is 1. The quantitative estimate of drug-likeness (QED) is 0.688. The van der Waals surface area contributed by atoms with Crippen LogP contribution in [0.15, 0.2) is 59.2 Å². The molecule has 0 saturated heterocycles. The highest BCUT2D eigenvalue weighted by Gasteiger charge is 2.16. The number of carbonyl (C=O) groups is 1. The van der Waals surface area contributed by atoms with Crippen molar-refractivity contribution in [2.75, 3.05) is 13.7 Å². The van der Waals surface area contributed by atoms with E-state index in [4.69, 9.17) is 9.15 Å². The van der Waals surface area contributed by atoms with Gasteiger partial charge in [0, 0.05) is 30.1 Å². The van der Waals surface area contributed by atoms with Crippen molar-refractivity contribution in [3.05, 3.63) is 65.9 Å². The van der Waals surface area contributed by atoms with Crippen molar-refractivity contribution >= 4 is 16.9 Å². The number of rotatable bonds is 6. The Labute approximate surface area is 141 Å². The lowest BCUT2D eigenvalue weighted by atomic mass is 10.1. The summed E-state index contributed by atoms with van der Waals surface area (Å²) in [5.74, 6) is 0.842. The number of nitrogens with zero attached hydrogens (tertiary/aromatic N) is 1. The van der Waals surface area contributed by atoms with Crippen LogP contribution in [0.25, 0.3) is 11.0 Å². The SMILES string of the molecule is CCN(Cc1ccccc1)C(=O)Cc1coc2cc(OC)ccc12. The van der Waals surface area contributed by atoms with E-state index in [9.17, 15) is 4.79 Å². The number of hydrogen-bond acceptors (Lipinski definition) is 3. The van der Waals surface area contributed by atoms with Gasteiger partial charge in [0.15, 0.2) is 0 Å². The molecule has 3 aromatic rings. The third-order valence-corrected chi connectivity index (χ3v) is 4.16. The molecule has 0 radical (unpaired) electrons. The van der Waals surface area contributed by atoms with Gasteiger partial charge >= 0.3 is 0 Å². The van der Waals surface area contributed by atoms with Gasteiger partial charge in [-0.1, -0.05) is 30.3 Å². The van der Waals surface area contributed by atoms with E-state index in [0.29, 0.717) is 19.5 Å². The van der Waals surface area contributed by atoms with Crippen molar-refractivity contribution < 1.29 is 13.9 Å². The minimum atomic E-state index is 0.0971. The van der Waals surface area contributed by atoms with Crippen molar-refractivity contribution in [2.24, 2.45) is 0 Å². The molecule has 124 valence electrons. The van der Waals surface area contributed by atoms with Crippen molar-refractivity contribution in [2.45, 2.75) is 19.9 Å². The maximum atomic E-state index is 12.7. The highest BCUT2D eigenvalue weighted by Crippen LogP contribution is 2.26. The molecule has 1 aromatic heterocycles. The van der Waals surface area contributed by atoms with Crippen LogP contribution in [0.2, 0.25) is 0 Å². The Morgan fingerprint density at radius 3 is 2.67 bits per heavy atom. The maximum absolute atomic E-state index is 12.7. The van der Waals surface area contributed by atoms with Gasteiger partial charge in [-0.15, -0.1) is 0 Å². The summed E-state index contributed by atoms with van der Waals surface area (Å²) < 4.78 is 10.8. The fraction of sp³-hybridized carbons (Fsp3) is 0.250. The number of methoxy groups -OCH3 is 1. The molecular weight excluding hydrogens is 302 g/mol. The molecule has 4 heteroatoms. The Bertz CT molecular complexity index is 823. The van der Waals surface area contributed by atoms with E-state index >= 15 is 0 Å². The number of ether oxygens (including phenoxy) is 1. The normalized spacial score (nSPS) is 10.8. The molecular formula is C20H21NO3. The predicted octanol–water partition coefficient (Wildman–Crippen LogP) is 4.03. The van der Waals surface area contributed by atoms with Gasteiger partial charge in [-0.2, -0.15) is 0 Å². The van der Waals surface area contributed by atoms with Gasteiger partial charge in [0.2, 0.25) is 5.91 Å². The summed E-state index contributed by atoms with van der Waals surface area (Å²) in [4.78, 5) is 14.5. The molecule has 3 rings (SSSR count). The first-order valence-electron chi connectivity index (χ1n) is 8.07. The average Bonchev–Trinajstić information content (AvgIpc) is 3.02. The Hall–Kier alpha value is -2.75. The highest BCUT2D eigenvalue weighted by molar-refractivity contribution is 5.88. The summed E-state index contributed by atoms with van der Waals surface area (Å²) in [6.07, 6.45) is 2.00. The van der Waals surface area contributed by atoms with Crippen molar-refractivity contribution in [3.8, 4) is 5.75 Å². The first-order valence-corrected chi connectivity index (χ1v) is 8.07. The van der Waals surface area contributed by atoms with Crippen LogP contribution in [0.1, 0.15) is 18.1 Å². The van der Waals surface area contributed by atoms with Crippen molar-refractivity contribution in [3.63, 3.8) is 0 Å². The Morgan fingerprint density at radius 2 is 1.96 bits per heavy atom. The molecule has 0 saturated carbocycles. The number of hydrogen-bond donors (Lipinski definition) is 0. The van der Waals surface area contributed by atoms with Gasteiger partial charge in [0.05, 0.1) is 19.8 Å². The summed E-state index contributed by atoms with van der Waals surface area (Å²) in [6.45, 7) is 3.30. The third-order valence-electron chi connectivity index (χ3n) is 4.16. The average molecular weight is 323 g/mol. The van der Waals surface area contributed by atoms with Crippen molar-refractivity contribution in [1.29, 1.82) is 0 Å². The lowest BCUT2D eigenvalue weighted by molar-refractivity contribution is -0.130. The molecule has 0 aliphatic heterocycles. The van der Waals surface area contributed by atoms with E-state index in [1.807, 2.05) is 60.4 Å². The van der Waals surface area contributed by atoms with Gasteiger partial charge in [0.1, 0.15) is 11.3 Å². The molecule has 2 aromatic carbocycles. The summed E-state index contributed by atoms with van der Waals surface area (Å²) in [7, 11) is 1.62. The van der Waals surface area contributed by atoms with Crippen LogP contribution >= 0.6 is 0 Å². The van der Waals surface area contributed by atoms with Crippen LogP contribution in [0.4, 0.5) is 0 Å². The molecule has 0 aliphatic rings. The number of fused-ring (bicyclic) bond motifs is 1. The summed E-state index contributed by atoms with van der Waals surface area (Å²) >= 11 is 0. The van der Waals surface area contributed by atoms with Gasteiger partial charge in [-0.25, -0.2) is 0 Å². The molecule has 4 nitrogen and oxygen atoms in total. The molecule has 0 N–H and O–H groups in total. The highest BCUT2D eigenvalue weighted by atomic mass is 16.5. The second kappa shape index (κ2) is 7.21. The molecule has 0 bridgehead atoms. The first-order chi connectivity index (χ1) is 11.7.